The van der Waals surface area contributed by atoms with Crippen LogP contribution in [0.3, 0.4) is 0 Å². The van der Waals surface area contributed by atoms with Crippen molar-refractivity contribution in [1.29, 1.82) is 0 Å². The summed E-state index contributed by atoms with van der Waals surface area (Å²) < 4.78 is 4.84. The molecule has 62 heavy (non-hydrogen) atoms. The van der Waals surface area contributed by atoms with Gasteiger partial charge in [-0.15, -0.1) is 0 Å². The number of rotatable bonds is 3. The third kappa shape index (κ3) is 4.83. The summed E-state index contributed by atoms with van der Waals surface area (Å²) in [5, 5.41) is 9.78. The molecule has 0 N–H and O–H groups in total. The van der Waals surface area contributed by atoms with Crippen molar-refractivity contribution >= 4 is 71.2 Å². The highest BCUT2D eigenvalue weighted by molar-refractivity contribution is 6.16. The van der Waals surface area contributed by atoms with E-state index in [2.05, 4.69) is 203 Å². The number of aromatic nitrogens is 4. The molecule has 0 bridgehead atoms. The molecular weight excluding hydrogens is 753 g/mol. The second-order valence-electron chi connectivity index (χ2n) is 17.2. The van der Waals surface area contributed by atoms with Gasteiger partial charge < -0.3 is 4.57 Å². The number of nitrogens with zero attached hydrogens (tertiary/aromatic N) is 4. The van der Waals surface area contributed by atoms with Gasteiger partial charge in [-0.1, -0.05) is 134 Å². The summed E-state index contributed by atoms with van der Waals surface area (Å²) in [6.07, 6.45) is 15.4. The van der Waals surface area contributed by atoms with E-state index in [1.54, 1.807) is 0 Å². The second-order valence-corrected chi connectivity index (χ2v) is 17.2. The van der Waals surface area contributed by atoms with Crippen molar-refractivity contribution in [2.75, 3.05) is 0 Å². The summed E-state index contributed by atoms with van der Waals surface area (Å²) in [7, 11) is 0. The van der Waals surface area contributed by atoms with Gasteiger partial charge in [0.2, 0.25) is 0 Å². The van der Waals surface area contributed by atoms with Crippen LogP contribution in [0.1, 0.15) is 40.8 Å². The van der Waals surface area contributed by atoms with Crippen LogP contribution < -0.4 is 0 Å². The molecule has 3 heterocycles. The summed E-state index contributed by atoms with van der Waals surface area (Å²) >= 11 is 0. The minimum atomic E-state index is 0.249. The van der Waals surface area contributed by atoms with Gasteiger partial charge in [-0.3, -0.25) is 4.57 Å². The summed E-state index contributed by atoms with van der Waals surface area (Å²) in [5.74, 6) is 1.40. The topological polar surface area (TPSA) is 35.6 Å². The van der Waals surface area contributed by atoms with E-state index >= 15 is 0 Å². The minimum Gasteiger partial charge on any atom is -0.309 e. The Morgan fingerprint density at radius 2 is 1.10 bits per heavy atom. The maximum Gasteiger partial charge on any atom is 0.165 e. The predicted molar refractivity (Wildman–Crippen MR) is 258 cm³/mol. The molecule has 2 atom stereocenters. The van der Waals surface area contributed by atoms with Crippen molar-refractivity contribution < 1.29 is 0 Å². The Hall–Kier alpha value is -7.82. The van der Waals surface area contributed by atoms with Gasteiger partial charge in [-0.05, 0) is 117 Å². The molecule has 3 aliphatic rings. The second kappa shape index (κ2) is 12.8. The lowest BCUT2D eigenvalue weighted by molar-refractivity contribution is 0.720. The van der Waals surface area contributed by atoms with E-state index in [9.17, 15) is 0 Å². The standard InChI is InChI=1S/C58H38N4/c1-3-15-37-32-55-48(29-35(37)13-1)46-21-9-12-24-53(46)61(55)40-26-28-54-50(34-40)49-30-36-14-2-4-16-38(36)33-56(49)62(54)58-57(59-51-22-10-11-23-52(51)60-58)39-25-27-45-43-19-6-5-17-41(43)42-18-7-8-20-44(42)47(45)31-39/h1-9,11-21,23-34,42,44H,10,22H2. The molecule has 3 aliphatic carbocycles. The minimum absolute atomic E-state index is 0.249. The third-order valence-electron chi connectivity index (χ3n) is 13.9. The smallest absolute Gasteiger partial charge is 0.165 e. The van der Waals surface area contributed by atoms with Crippen LogP contribution in [0.25, 0.3) is 105 Å². The highest BCUT2D eigenvalue weighted by Gasteiger charge is 2.32. The zero-order valence-corrected chi connectivity index (χ0v) is 33.8. The summed E-state index contributed by atoms with van der Waals surface area (Å²) in [5.41, 5.74) is 15.1. The highest BCUT2D eigenvalue weighted by Crippen LogP contribution is 2.51. The molecule has 4 heteroatoms. The van der Waals surface area contributed by atoms with Gasteiger partial charge in [0.15, 0.2) is 5.82 Å². The van der Waals surface area contributed by atoms with Gasteiger partial charge in [0.25, 0.3) is 0 Å². The molecule has 290 valence electrons. The first kappa shape index (κ1) is 34.0. The van der Waals surface area contributed by atoms with Crippen molar-refractivity contribution in [1.82, 2.24) is 19.1 Å². The number of hydrogen-bond acceptors (Lipinski definition) is 2. The number of hydrogen-bond donors (Lipinski definition) is 0. The molecule has 0 fully saturated rings. The van der Waals surface area contributed by atoms with Crippen LogP contribution in [0.4, 0.5) is 0 Å². The van der Waals surface area contributed by atoms with Crippen molar-refractivity contribution in [3.05, 3.63) is 211 Å². The van der Waals surface area contributed by atoms with E-state index < -0.39 is 0 Å². The molecule has 0 radical (unpaired) electrons. The Bertz CT molecular complexity index is 3830. The van der Waals surface area contributed by atoms with Crippen LogP contribution in [-0.4, -0.2) is 19.1 Å². The molecule has 0 aliphatic heterocycles. The van der Waals surface area contributed by atoms with Crippen LogP contribution >= 0.6 is 0 Å². The van der Waals surface area contributed by atoms with Gasteiger partial charge >= 0.3 is 0 Å². The first-order valence-corrected chi connectivity index (χ1v) is 21.8. The predicted octanol–water partition coefficient (Wildman–Crippen LogP) is 14.6. The molecule has 0 saturated heterocycles. The zero-order chi connectivity index (χ0) is 40.5. The highest BCUT2D eigenvalue weighted by atomic mass is 15.1. The quantitative estimate of drug-likeness (QED) is 0.179. The van der Waals surface area contributed by atoms with E-state index in [-0.39, 0.29) is 5.92 Å². The fourth-order valence-corrected chi connectivity index (χ4v) is 11.0. The fraction of sp³-hybridized carbons (Fsp3) is 0.0690. The number of aryl methyl sites for hydroxylation is 1. The van der Waals surface area contributed by atoms with Crippen molar-refractivity contribution in [3.63, 3.8) is 0 Å². The number of para-hydroxylation sites is 1. The summed E-state index contributed by atoms with van der Waals surface area (Å²) in [6.45, 7) is 0. The van der Waals surface area contributed by atoms with Crippen molar-refractivity contribution in [3.8, 4) is 33.9 Å². The Morgan fingerprint density at radius 3 is 1.90 bits per heavy atom. The SMILES string of the molecule is C1=CC2c3ccccc3-c3ccc(-c4nc5c(nc4-n4c6ccc(-n7c8ccccc8c8cc9ccccc9cc87)cc6c6cc7ccccc7cc64)C=CCC5)cc3C2C=C1. The molecule has 0 amide bonds. The third-order valence-corrected chi connectivity index (χ3v) is 13.9. The first-order chi connectivity index (χ1) is 30.7. The zero-order valence-electron chi connectivity index (χ0n) is 33.8. The van der Waals surface area contributed by atoms with Gasteiger partial charge in [0.05, 0.1) is 33.5 Å². The van der Waals surface area contributed by atoms with Gasteiger partial charge in [0, 0.05) is 44.6 Å². The molecule has 8 aromatic carbocycles. The number of benzene rings is 8. The summed E-state index contributed by atoms with van der Waals surface area (Å²) in [6, 6.07) is 58.6. The molecule has 3 aromatic heterocycles. The largest absolute Gasteiger partial charge is 0.309 e. The van der Waals surface area contributed by atoms with Crippen molar-refractivity contribution in [2.45, 2.75) is 24.7 Å². The van der Waals surface area contributed by atoms with E-state index in [0.717, 1.165) is 58.0 Å². The van der Waals surface area contributed by atoms with Crippen molar-refractivity contribution in [2.24, 2.45) is 0 Å². The summed E-state index contributed by atoms with van der Waals surface area (Å²) in [4.78, 5) is 11.2. The fourth-order valence-electron chi connectivity index (χ4n) is 11.0. The Morgan fingerprint density at radius 1 is 0.468 bits per heavy atom. The number of allylic oxidation sites excluding steroid dienone is 5. The van der Waals surface area contributed by atoms with E-state index in [1.807, 2.05) is 0 Å². The molecule has 14 rings (SSSR count). The molecule has 2 unspecified atom stereocenters. The van der Waals surface area contributed by atoms with Crippen LogP contribution in [0.2, 0.25) is 0 Å². The lowest BCUT2D eigenvalue weighted by Gasteiger charge is -2.34. The first-order valence-electron chi connectivity index (χ1n) is 21.8. The van der Waals surface area contributed by atoms with E-state index in [4.69, 9.17) is 9.97 Å². The monoisotopic (exact) mass is 790 g/mol. The van der Waals surface area contributed by atoms with Crippen LogP contribution in [0.5, 0.6) is 0 Å². The van der Waals surface area contributed by atoms with Crippen LogP contribution in [-0.2, 0) is 6.42 Å². The molecule has 4 nitrogen and oxygen atoms in total. The van der Waals surface area contributed by atoms with E-state index in [1.165, 1.54) is 76.4 Å². The maximum absolute atomic E-state index is 5.61. The van der Waals surface area contributed by atoms with Gasteiger partial charge in [-0.2, -0.15) is 0 Å². The average Bonchev–Trinajstić information content (AvgIpc) is 3.82. The average molecular weight is 791 g/mol. The molecule has 11 aromatic rings. The normalized spacial score (nSPS) is 16.4. The lowest BCUT2D eigenvalue weighted by atomic mass is 9.69. The van der Waals surface area contributed by atoms with Gasteiger partial charge in [-0.25, -0.2) is 9.97 Å². The Labute approximate surface area is 358 Å². The van der Waals surface area contributed by atoms with E-state index in [0.29, 0.717) is 5.92 Å². The Kier molecular flexibility index (Phi) is 7.03. The Balaban J connectivity index is 1.05. The lowest BCUT2D eigenvalue weighted by Crippen LogP contribution is -2.16. The molecular formula is C58H38N4. The molecule has 0 saturated carbocycles. The molecule has 0 spiro atoms. The van der Waals surface area contributed by atoms with Crippen LogP contribution in [0.15, 0.2) is 188 Å². The van der Waals surface area contributed by atoms with Crippen LogP contribution in [0, 0.1) is 0 Å². The maximum atomic E-state index is 5.61. The van der Waals surface area contributed by atoms with Gasteiger partial charge in [0.1, 0.15) is 5.69 Å². The number of fused-ring (bicyclic) bond motifs is 15.